The molecule has 1 aliphatic rings. The number of pyridine rings is 1. The Hall–Kier alpha value is -2.87. The number of hydrogen-bond donors (Lipinski definition) is 1. The summed E-state index contributed by atoms with van der Waals surface area (Å²) >= 11 is 0. The fraction of sp³-hybridized carbons (Fsp3) is 0.316. The molecular weight excluding hydrogens is 300 g/mol. The predicted octanol–water partition coefficient (Wildman–Crippen LogP) is 3.67. The van der Waals surface area contributed by atoms with Crippen molar-refractivity contribution in [3.05, 3.63) is 59.4 Å². The van der Waals surface area contributed by atoms with Crippen LogP contribution < -0.4 is 5.32 Å². The number of nitrogens with one attached hydrogen (secondary N) is 1. The average Bonchev–Trinajstić information content (AvgIpc) is 2.64. The first-order valence-corrected chi connectivity index (χ1v) is 8.14. The number of rotatable bonds is 2. The maximum absolute atomic E-state index is 12.5. The second kappa shape index (κ2) is 7.14. The molecule has 2 heterocycles. The Kier molecular flexibility index (Phi) is 4.76. The number of urea groups is 1. The summed E-state index contributed by atoms with van der Waals surface area (Å²) in [5, 5.41) is 12.0. The third-order valence-corrected chi connectivity index (χ3v) is 4.66. The number of nitrogens with zero attached hydrogens (tertiary/aromatic N) is 3. The second-order valence-electron chi connectivity index (χ2n) is 6.06. The van der Waals surface area contributed by atoms with Gasteiger partial charge in [-0.2, -0.15) is 5.26 Å². The molecule has 3 rings (SSSR count). The van der Waals surface area contributed by atoms with E-state index >= 15 is 0 Å². The first-order chi connectivity index (χ1) is 11.7. The molecule has 1 N–H and O–H groups in total. The molecule has 2 aromatic rings. The highest BCUT2D eigenvalue weighted by atomic mass is 16.2. The highest BCUT2D eigenvalue weighted by Gasteiger charge is 2.24. The molecule has 1 aliphatic heterocycles. The van der Waals surface area contributed by atoms with Crippen LogP contribution in [0.3, 0.4) is 0 Å². The highest BCUT2D eigenvalue weighted by molar-refractivity contribution is 5.90. The summed E-state index contributed by atoms with van der Waals surface area (Å²) in [5.41, 5.74) is 3.39. The summed E-state index contributed by atoms with van der Waals surface area (Å²) in [6, 6.07) is 11.5. The van der Waals surface area contributed by atoms with Crippen LogP contribution in [-0.4, -0.2) is 29.0 Å². The van der Waals surface area contributed by atoms with E-state index in [2.05, 4.69) is 28.5 Å². The van der Waals surface area contributed by atoms with Gasteiger partial charge in [-0.25, -0.2) is 4.79 Å². The number of carbonyl (C=O) groups excluding carboxylic acids is 1. The van der Waals surface area contributed by atoms with Gasteiger partial charge >= 0.3 is 6.03 Å². The van der Waals surface area contributed by atoms with E-state index in [0.717, 1.165) is 31.5 Å². The molecule has 0 spiro atoms. The molecule has 0 atom stereocenters. The third-order valence-electron chi connectivity index (χ3n) is 4.66. The molecule has 0 saturated carbocycles. The Morgan fingerprint density at radius 1 is 1.25 bits per heavy atom. The zero-order valence-corrected chi connectivity index (χ0v) is 13.7. The topological polar surface area (TPSA) is 69.0 Å². The van der Waals surface area contributed by atoms with E-state index in [-0.39, 0.29) is 6.03 Å². The molecule has 1 saturated heterocycles. The molecule has 1 fully saturated rings. The summed E-state index contributed by atoms with van der Waals surface area (Å²) in [4.78, 5) is 18.4. The Morgan fingerprint density at radius 2 is 1.96 bits per heavy atom. The fourth-order valence-electron chi connectivity index (χ4n) is 3.14. The van der Waals surface area contributed by atoms with E-state index in [0.29, 0.717) is 17.2 Å². The van der Waals surface area contributed by atoms with Crippen molar-refractivity contribution in [3.63, 3.8) is 0 Å². The van der Waals surface area contributed by atoms with Crippen LogP contribution >= 0.6 is 0 Å². The molecule has 0 aliphatic carbocycles. The molecule has 122 valence electrons. The van der Waals surface area contributed by atoms with Crippen LogP contribution in [0.2, 0.25) is 0 Å². The van der Waals surface area contributed by atoms with Gasteiger partial charge in [0.15, 0.2) is 0 Å². The van der Waals surface area contributed by atoms with E-state index in [4.69, 9.17) is 5.26 Å². The average molecular weight is 320 g/mol. The lowest BCUT2D eigenvalue weighted by Gasteiger charge is -2.32. The van der Waals surface area contributed by atoms with Crippen molar-refractivity contribution in [1.29, 1.82) is 5.26 Å². The minimum Gasteiger partial charge on any atom is -0.324 e. The van der Waals surface area contributed by atoms with Crippen molar-refractivity contribution in [3.8, 4) is 6.07 Å². The number of aromatic nitrogens is 1. The van der Waals surface area contributed by atoms with Crippen molar-refractivity contribution < 1.29 is 4.79 Å². The van der Waals surface area contributed by atoms with Crippen LogP contribution in [-0.2, 0) is 0 Å². The number of benzene rings is 1. The lowest BCUT2D eigenvalue weighted by molar-refractivity contribution is 0.194. The van der Waals surface area contributed by atoms with Gasteiger partial charge < -0.3 is 10.2 Å². The summed E-state index contributed by atoms with van der Waals surface area (Å²) in [7, 11) is 0. The van der Waals surface area contributed by atoms with Gasteiger partial charge in [0.05, 0.1) is 11.6 Å². The first-order valence-electron chi connectivity index (χ1n) is 8.14. The SMILES string of the molecule is Cc1c(C#N)cccc1NC(=O)N1CCC(c2ccncc2)CC1. The monoisotopic (exact) mass is 320 g/mol. The van der Waals surface area contributed by atoms with Crippen molar-refractivity contribution in [1.82, 2.24) is 9.88 Å². The van der Waals surface area contributed by atoms with Gasteiger partial charge in [-0.15, -0.1) is 0 Å². The lowest BCUT2D eigenvalue weighted by Crippen LogP contribution is -2.40. The minimum atomic E-state index is -0.0960. The third kappa shape index (κ3) is 3.38. The number of anilines is 1. The summed E-state index contributed by atoms with van der Waals surface area (Å²) in [5.74, 6) is 0.487. The molecule has 2 amide bonds. The molecule has 0 unspecified atom stereocenters. The Labute approximate surface area is 141 Å². The molecular formula is C19H20N4O. The fourth-order valence-corrected chi connectivity index (χ4v) is 3.14. The van der Waals surface area contributed by atoms with E-state index in [9.17, 15) is 4.79 Å². The van der Waals surface area contributed by atoms with Crippen LogP contribution in [0.25, 0.3) is 0 Å². The Morgan fingerprint density at radius 3 is 2.62 bits per heavy atom. The van der Waals surface area contributed by atoms with E-state index in [1.807, 2.05) is 30.3 Å². The molecule has 5 heteroatoms. The lowest BCUT2D eigenvalue weighted by atomic mass is 9.90. The van der Waals surface area contributed by atoms with Crippen molar-refractivity contribution in [2.75, 3.05) is 18.4 Å². The van der Waals surface area contributed by atoms with Crippen molar-refractivity contribution in [2.45, 2.75) is 25.7 Å². The first kappa shape index (κ1) is 16.0. The van der Waals surface area contributed by atoms with Crippen molar-refractivity contribution >= 4 is 11.7 Å². The number of carbonyl (C=O) groups is 1. The molecule has 0 radical (unpaired) electrons. The summed E-state index contributed by atoms with van der Waals surface area (Å²) in [6.07, 6.45) is 5.54. The van der Waals surface area contributed by atoms with Crippen LogP contribution in [0.15, 0.2) is 42.7 Å². The molecule has 24 heavy (non-hydrogen) atoms. The standard InChI is InChI=1S/C19H20N4O/c1-14-17(13-20)3-2-4-18(14)22-19(24)23-11-7-16(8-12-23)15-5-9-21-10-6-15/h2-6,9-10,16H,7-8,11-12H2,1H3,(H,22,24). The van der Waals surface area contributed by atoms with Crippen molar-refractivity contribution in [2.24, 2.45) is 0 Å². The predicted molar refractivity (Wildman–Crippen MR) is 92.7 cm³/mol. The van der Waals surface area contributed by atoms with Crippen LogP contribution in [0.5, 0.6) is 0 Å². The van der Waals surface area contributed by atoms with E-state index in [1.54, 1.807) is 12.1 Å². The largest absolute Gasteiger partial charge is 0.324 e. The Bertz CT molecular complexity index is 759. The van der Waals surface area contributed by atoms with Crippen LogP contribution in [0, 0.1) is 18.3 Å². The maximum atomic E-state index is 12.5. The van der Waals surface area contributed by atoms with E-state index in [1.165, 1.54) is 5.56 Å². The van der Waals surface area contributed by atoms with Gasteiger partial charge in [0, 0.05) is 31.2 Å². The number of piperidine rings is 1. The van der Waals surface area contributed by atoms with Gasteiger partial charge in [-0.1, -0.05) is 6.07 Å². The van der Waals surface area contributed by atoms with Gasteiger partial charge in [-0.3, -0.25) is 4.98 Å². The zero-order chi connectivity index (χ0) is 16.9. The number of amides is 2. The Balaban J connectivity index is 1.61. The van der Waals surface area contributed by atoms with Gasteiger partial charge in [0.25, 0.3) is 0 Å². The summed E-state index contributed by atoms with van der Waals surface area (Å²) in [6.45, 7) is 3.31. The molecule has 1 aromatic heterocycles. The molecule has 0 bridgehead atoms. The zero-order valence-electron chi connectivity index (χ0n) is 13.7. The van der Waals surface area contributed by atoms with Gasteiger partial charge in [0.2, 0.25) is 0 Å². The van der Waals surface area contributed by atoms with Gasteiger partial charge in [-0.05, 0) is 61.1 Å². The van der Waals surface area contributed by atoms with Crippen LogP contribution in [0.1, 0.15) is 35.4 Å². The van der Waals surface area contributed by atoms with Crippen LogP contribution in [0.4, 0.5) is 10.5 Å². The quantitative estimate of drug-likeness (QED) is 0.918. The molecule has 5 nitrogen and oxygen atoms in total. The minimum absolute atomic E-state index is 0.0960. The smallest absolute Gasteiger partial charge is 0.321 e. The second-order valence-corrected chi connectivity index (χ2v) is 6.06. The number of nitriles is 1. The maximum Gasteiger partial charge on any atom is 0.321 e. The summed E-state index contributed by atoms with van der Waals surface area (Å²) < 4.78 is 0. The van der Waals surface area contributed by atoms with Gasteiger partial charge in [0.1, 0.15) is 0 Å². The molecule has 1 aromatic carbocycles. The highest BCUT2D eigenvalue weighted by Crippen LogP contribution is 2.28. The van der Waals surface area contributed by atoms with E-state index < -0.39 is 0 Å². The normalized spacial score (nSPS) is 14.9. The number of hydrogen-bond acceptors (Lipinski definition) is 3. The number of likely N-dealkylation sites (tertiary alicyclic amines) is 1.